The van der Waals surface area contributed by atoms with Crippen LogP contribution < -0.4 is 0 Å². The highest BCUT2D eigenvalue weighted by molar-refractivity contribution is 7.26. The van der Waals surface area contributed by atoms with Crippen LogP contribution in [-0.2, 0) is 0 Å². The number of rotatable bonds is 4. The quantitative estimate of drug-likeness (QED) is 0.203. The largest absolute Gasteiger partial charge is 0.294 e. The van der Waals surface area contributed by atoms with Gasteiger partial charge in [0, 0.05) is 36.5 Å². The third kappa shape index (κ3) is 3.98. The topological polar surface area (TPSA) is 17.8 Å². The third-order valence-electron chi connectivity index (χ3n) is 8.61. The number of fused-ring (bicyclic) bond motifs is 6. The van der Waals surface area contributed by atoms with Crippen molar-refractivity contribution in [3.05, 3.63) is 158 Å². The van der Waals surface area contributed by atoms with Crippen LogP contribution in [0.5, 0.6) is 0 Å². The van der Waals surface area contributed by atoms with Gasteiger partial charge in [0.1, 0.15) is 5.82 Å². The van der Waals surface area contributed by atoms with Gasteiger partial charge in [-0.1, -0.05) is 127 Å². The van der Waals surface area contributed by atoms with Crippen molar-refractivity contribution in [2.75, 3.05) is 0 Å². The SMILES string of the molecule is c1ccc(-c2ccc3c4ccccc4n(-c4cc(-c5cccc6c5sc5ccccc56)cc(-c5ccccc5)n4)c3c2)cc1. The number of para-hydroxylation sites is 1. The number of aromatic nitrogens is 2. The zero-order valence-electron chi connectivity index (χ0n) is 23.8. The molecule has 0 amide bonds. The van der Waals surface area contributed by atoms with Gasteiger partial charge in [-0.05, 0) is 52.6 Å². The molecule has 44 heavy (non-hydrogen) atoms. The number of nitrogens with zero attached hydrogens (tertiary/aromatic N) is 2. The summed E-state index contributed by atoms with van der Waals surface area (Å²) in [5.41, 5.74) is 9.15. The van der Waals surface area contributed by atoms with E-state index in [4.69, 9.17) is 4.98 Å². The van der Waals surface area contributed by atoms with Crippen LogP contribution in [-0.4, -0.2) is 9.55 Å². The lowest BCUT2D eigenvalue weighted by Crippen LogP contribution is -2.00. The minimum Gasteiger partial charge on any atom is -0.294 e. The van der Waals surface area contributed by atoms with Crippen LogP contribution in [0.4, 0.5) is 0 Å². The Morgan fingerprint density at radius 3 is 1.95 bits per heavy atom. The van der Waals surface area contributed by atoms with Crippen LogP contribution in [0.1, 0.15) is 0 Å². The Morgan fingerprint density at radius 2 is 1.11 bits per heavy atom. The Balaban J connectivity index is 1.36. The number of thiophene rings is 1. The molecule has 0 aliphatic heterocycles. The van der Waals surface area contributed by atoms with Crippen LogP contribution in [0.15, 0.2) is 158 Å². The summed E-state index contributed by atoms with van der Waals surface area (Å²) in [4.78, 5) is 5.36. The lowest BCUT2D eigenvalue weighted by molar-refractivity contribution is 1.08. The molecule has 0 unspecified atom stereocenters. The second-order valence-corrected chi connectivity index (χ2v) is 12.2. The molecule has 6 aromatic carbocycles. The van der Waals surface area contributed by atoms with Crippen LogP contribution in [0.3, 0.4) is 0 Å². The van der Waals surface area contributed by atoms with E-state index in [2.05, 4.69) is 162 Å². The first-order valence-corrected chi connectivity index (χ1v) is 15.7. The summed E-state index contributed by atoms with van der Waals surface area (Å²) in [5, 5.41) is 5.05. The normalized spacial score (nSPS) is 11.6. The van der Waals surface area contributed by atoms with E-state index in [-0.39, 0.29) is 0 Å². The maximum atomic E-state index is 5.36. The fraction of sp³-hybridized carbons (Fsp3) is 0. The molecule has 0 radical (unpaired) electrons. The van der Waals surface area contributed by atoms with E-state index < -0.39 is 0 Å². The van der Waals surface area contributed by atoms with Gasteiger partial charge in [0.05, 0.1) is 16.7 Å². The number of hydrogen-bond acceptors (Lipinski definition) is 2. The molecule has 3 heteroatoms. The summed E-state index contributed by atoms with van der Waals surface area (Å²) in [7, 11) is 0. The van der Waals surface area contributed by atoms with Gasteiger partial charge in [-0.15, -0.1) is 11.3 Å². The molecule has 0 saturated carbocycles. The summed E-state index contributed by atoms with van der Waals surface area (Å²) in [6.07, 6.45) is 0. The van der Waals surface area contributed by atoms with Crippen molar-refractivity contribution in [2.24, 2.45) is 0 Å². The molecule has 0 bridgehead atoms. The van der Waals surface area contributed by atoms with E-state index in [1.807, 2.05) is 11.3 Å². The maximum Gasteiger partial charge on any atom is 0.138 e. The van der Waals surface area contributed by atoms with Crippen molar-refractivity contribution < 1.29 is 0 Å². The summed E-state index contributed by atoms with van der Waals surface area (Å²) < 4.78 is 4.96. The number of pyridine rings is 1. The molecule has 0 N–H and O–H groups in total. The van der Waals surface area contributed by atoms with Gasteiger partial charge in [-0.3, -0.25) is 4.57 Å². The van der Waals surface area contributed by atoms with Gasteiger partial charge in [0.15, 0.2) is 0 Å². The Kier molecular flexibility index (Phi) is 5.71. The molecule has 0 fully saturated rings. The molecule has 0 saturated heterocycles. The predicted octanol–water partition coefficient (Wildman–Crippen LogP) is 11.5. The Morgan fingerprint density at radius 1 is 0.432 bits per heavy atom. The summed E-state index contributed by atoms with van der Waals surface area (Å²) in [6.45, 7) is 0. The number of hydrogen-bond donors (Lipinski definition) is 0. The van der Waals surface area contributed by atoms with Gasteiger partial charge in [-0.25, -0.2) is 4.98 Å². The van der Waals surface area contributed by atoms with E-state index in [1.165, 1.54) is 47.6 Å². The standard InChI is InChI=1S/C41H26N2S/c1-3-12-27(13-4-1)29-22-23-33-32-16-7-9-20-37(32)43(38(33)25-29)40-26-30(24-36(42-40)28-14-5-2-6-15-28)31-18-11-19-35-34-17-8-10-21-39(34)44-41(31)35/h1-26H. The molecule has 206 valence electrons. The average Bonchev–Trinajstić information content (AvgIpc) is 3.64. The molecular weight excluding hydrogens is 553 g/mol. The van der Waals surface area contributed by atoms with Crippen molar-refractivity contribution in [3.8, 4) is 39.3 Å². The Hall–Kier alpha value is -5.51. The fourth-order valence-electron chi connectivity index (χ4n) is 6.54. The van der Waals surface area contributed by atoms with Crippen LogP contribution >= 0.6 is 11.3 Å². The van der Waals surface area contributed by atoms with E-state index in [1.54, 1.807) is 0 Å². The van der Waals surface area contributed by atoms with Gasteiger partial charge >= 0.3 is 0 Å². The minimum atomic E-state index is 0.913. The van der Waals surface area contributed by atoms with Crippen molar-refractivity contribution in [1.82, 2.24) is 9.55 Å². The van der Waals surface area contributed by atoms with Crippen molar-refractivity contribution in [1.29, 1.82) is 0 Å². The molecular formula is C41H26N2S. The smallest absolute Gasteiger partial charge is 0.138 e. The monoisotopic (exact) mass is 578 g/mol. The number of benzene rings is 6. The first kappa shape index (κ1) is 25.0. The summed E-state index contributed by atoms with van der Waals surface area (Å²) >= 11 is 1.87. The first-order valence-electron chi connectivity index (χ1n) is 14.9. The molecule has 9 aromatic rings. The van der Waals surface area contributed by atoms with Gasteiger partial charge in [-0.2, -0.15) is 0 Å². The maximum absolute atomic E-state index is 5.36. The Bertz CT molecular complexity index is 2490. The van der Waals surface area contributed by atoms with E-state index in [0.29, 0.717) is 0 Å². The van der Waals surface area contributed by atoms with Gasteiger partial charge in [0.25, 0.3) is 0 Å². The molecule has 2 nitrogen and oxygen atoms in total. The molecule has 3 heterocycles. The zero-order chi connectivity index (χ0) is 29.0. The molecule has 0 aliphatic rings. The second-order valence-electron chi connectivity index (χ2n) is 11.2. The van der Waals surface area contributed by atoms with Crippen LogP contribution in [0.25, 0.3) is 81.3 Å². The van der Waals surface area contributed by atoms with Gasteiger partial charge in [0.2, 0.25) is 0 Å². The summed E-state index contributed by atoms with van der Waals surface area (Å²) in [5.74, 6) is 0.913. The lowest BCUT2D eigenvalue weighted by Gasteiger charge is -2.14. The van der Waals surface area contributed by atoms with E-state index >= 15 is 0 Å². The minimum absolute atomic E-state index is 0.913. The van der Waals surface area contributed by atoms with Crippen molar-refractivity contribution in [2.45, 2.75) is 0 Å². The molecule has 3 aromatic heterocycles. The third-order valence-corrected chi connectivity index (χ3v) is 9.83. The zero-order valence-corrected chi connectivity index (χ0v) is 24.6. The van der Waals surface area contributed by atoms with Crippen LogP contribution in [0.2, 0.25) is 0 Å². The Labute approximate surface area is 259 Å². The second kappa shape index (κ2) is 10.0. The van der Waals surface area contributed by atoms with Crippen molar-refractivity contribution >= 4 is 53.3 Å². The molecule has 0 spiro atoms. The average molecular weight is 579 g/mol. The predicted molar refractivity (Wildman–Crippen MR) is 188 cm³/mol. The highest BCUT2D eigenvalue weighted by Crippen LogP contribution is 2.42. The molecule has 0 atom stereocenters. The fourth-order valence-corrected chi connectivity index (χ4v) is 7.78. The molecule has 9 rings (SSSR count). The van der Waals surface area contributed by atoms with Crippen LogP contribution in [0, 0.1) is 0 Å². The van der Waals surface area contributed by atoms with E-state index in [9.17, 15) is 0 Å². The van der Waals surface area contributed by atoms with Gasteiger partial charge < -0.3 is 0 Å². The molecule has 0 aliphatic carbocycles. The highest BCUT2D eigenvalue weighted by atomic mass is 32.1. The highest BCUT2D eigenvalue weighted by Gasteiger charge is 2.18. The first-order chi connectivity index (χ1) is 21.8. The summed E-state index contributed by atoms with van der Waals surface area (Å²) in [6, 6.07) is 56.5. The lowest BCUT2D eigenvalue weighted by atomic mass is 10.0. The van der Waals surface area contributed by atoms with Crippen molar-refractivity contribution in [3.63, 3.8) is 0 Å². The van der Waals surface area contributed by atoms with E-state index in [0.717, 1.165) is 33.7 Å².